The second-order valence-electron chi connectivity index (χ2n) is 6.57. The molecule has 0 aliphatic heterocycles. The molecule has 9 heteroatoms. The van der Waals surface area contributed by atoms with E-state index < -0.39 is 23.6 Å². The number of nitrogens with one attached hydrogen (secondary N) is 1. The van der Waals surface area contributed by atoms with Crippen LogP contribution < -0.4 is 5.32 Å². The minimum atomic E-state index is -4.65. The van der Waals surface area contributed by atoms with Crippen LogP contribution in [0, 0.1) is 12.7 Å². The summed E-state index contributed by atoms with van der Waals surface area (Å²) in [6.45, 7) is 1.73. The Hall–Kier alpha value is -2.97. The maximum Gasteiger partial charge on any atom is 0.433 e. The van der Waals surface area contributed by atoms with Crippen LogP contribution in [0.4, 0.5) is 23.2 Å². The summed E-state index contributed by atoms with van der Waals surface area (Å²) < 4.78 is 54.7. The van der Waals surface area contributed by atoms with Gasteiger partial charge in [-0.05, 0) is 43.5 Å². The van der Waals surface area contributed by atoms with E-state index >= 15 is 0 Å². The number of amides is 1. The molecule has 1 fully saturated rings. The maximum atomic E-state index is 13.9. The lowest BCUT2D eigenvalue weighted by Gasteiger charge is -2.11. The molecule has 1 aliphatic rings. The molecule has 1 N–H and O–H groups in total. The molecule has 1 saturated carbocycles. The van der Waals surface area contributed by atoms with Gasteiger partial charge >= 0.3 is 6.18 Å². The Kier molecular flexibility index (Phi) is 3.90. The Morgan fingerprint density at radius 3 is 2.67 bits per heavy atom. The van der Waals surface area contributed by atoms with Gasteiger partial charge in [0.05, 0.1) is 11.9 Å². The molecule has 0 saturated heterocycles. The van der Waals surface area contributed by atoms with Gasteiger partial charge in [-0.25, -0.2) is 13.9 Å². The molecule has 0 atom stereocenters. The number of rotatable bonds is 3. The first-order chi connectivity index (χ1) is 12.7. The number of alkyl halides is 3. The zero-order valence-electron chi connectivity index (χ0n) is 14.1. The maximum absolute atomic E-state index is 13.9. The molecule has 1 aromatic carbocycles. The third-order valence-electron chi connectivity index (χ3n) is 4.39. The van der Waals surface area contributed by atoms with Gasteiger partial charge in [0.2, 0.25) is 0 Å². The number of carbonyl (C=O) groups is 1. The molecule has 5 nitrogen and oxygen atoms in total. The molecular formula is C18H14F4N4O. The van der Waals surface area contributed by atoms with E-state index in [4.69, 9.17) is 0 Å². The van der Waals surface area contributed by atoms with Crippen molar-refractivity contribution in [1.82, 2.24) is 14.6 Å². The van der Waals surface area contributed by atoms with Crippen LogP contribution in [0.2, 0.25) is 0 Å². The quantitative estimate of drug-likeness (QED) is 0.691. The van der Waals surface area contributed by atoms with Gasteiger partial charge in [0, 0.05) is 11.6 Å². The van der Waals surface area contributed by atoms with Crippen molar-refractivity contribution in [3.05, 3.63) is 58.8 Å². The monoisotopic (exact) mass is 378 g/mol. The van der Waals surface area contributed by atoms with Crippen molar-refractivity contribution in [2.45, 2.75) is 31.9 Å². The van der Waals surface area contributed by atoms with E-state index in [1.807, 2.05) is 0 Å². The Balaban J connectivity index is 1.79. The number of benzene rings is 1. The van der Waals surface area contributed by atoms with Crippen molar-refractivity contribution >= 4 is 17.2 Å². The number of carbonyl (C=O) groups excluding carboxylic acids is 1. The Bertz CT molecular complexity index is 1050. The minimum absolute atomic E-state index is 0.0453. The highest BCUT2D eigenvalue weighted by Gasteiger charge is 2.38. The van der Waals surface area contributed by atoms with Crippen LogP contribution in [0.3, 0.4) is 0 Å². The first kappa shape index (κ1) is 17.4. The van der Waals surface area contributed by atoms with E-state index in [-0.39, 0.29) is 28.5 Å². The largest absolute Gasteiger partial charge is 0.433 e. The van der Waals surface area contributed by atoms with Crippen molar-refractivity contribution < 1.29 is 22.4 Å². The van der Waals surface area contributed by atoms with Crippen molar-refractivity contribution in [3.8, 4) is 0 Å². The molecular weight excluding hydrogens is 364 g/mol. The molecule has 0 bridgehead atoms. The number of aromatic nitrogens is 3. The van der Waals surface area contributed by atoms with Crippen LogP contribution in [0.5, 0.6) is 0 Å². The average molecular weight is 378 g/mol. The van der Waals surface area contributed by atoms with E-state index in [1.54, 1.807) is 13.0 Å². The summed E-state index contributed by atoms with van der Waals surface area (Å²) in [5, 5.41) is 6.07. The smallest absolute Gasteiger partial charge is 0.319 e. The molecule has 1 aliphatic carbocycles. The highest BCUT2D eigenvalue weighted by Crippen LogP contribution is 2.41. The summed E-state index contributed by atoms with van der Waals surface area (Å²) in [6.07, 6.45) is -2.13. The highest BCUT2D eigenvalue weighted by atomic mass is 19.4. The topological polar surface area (TPSA) is 59.3 Å². The molecule has 4 rings (SSSR count). The zero-order chi connectivity index (χ0) is 19.3. The van der Waals surface area contributed by atoms with Gasteiger partial charge in [-0.15, -0.1) is 0 Å². The fourth-order valence-corrected chi connectivity index (χ4v) is 2.86. The first-order valence-corrected chi connectivity index (χ1v) is 8.27. The second kappa shape index (κ2) is 6.04. The fraction of sp³-hybridized carbons (Fsp3) is 0.278. The van der Waals surface area contributed by atoms with Crippen LogP contribution in [-0.4, -0.2) is 20.5 Å². The van der Waals surface area contributed by atoms with Crippen LogP contribution in [0.15, 0.2) is 30.5 Å². The van der Waals surface area contributed by atoms with Gasteiger partial charge in [0.25, 0.3) is 5.91 Å². The van der Waals surface area contributed by atoms with Gasteiger partial charge in [0.15, 0.2) is 5.65 Å². The SMILES string of the molecule is Cc1ccc(F)c(NC(=O)c2cnn3c(C(F)(F)F)cc(C4CC4)nc23)c1. The predicted molar refractivity (Wildman–Crippen MR) is 89.1 cm³/mol. The number of hydrogen-bond acceptors (Lipinski definition) is 3. The standard InChI is InChI=1S/C18H14F4N4O/c1-9-2-5-12(19)14(6-9)25-17(27)11-8-23-26-15(18(20,21)22)7-13(10-3-4-10)24-16(11)26/h2,5-8,10H,3-4H2,1H3,(H,25,27). The molecule has 0 spiro atoms. The van der Waals surface area contributed by atoms with Gasteiger partial charge in [-0.2, -0.15) is 18.3 Å². The van der Waals surface area contributed by atoms with Crippen molar-refractivity contribution in [3.63, 3.8) is 0 Å². The van der Waals surface area contributed by atoms with E-state index in [0.29, 0.717) is 4.52 Å². The summed E-state index contributed by atoms with van der Waals surface area (Å²) in [4.78, 5) is 16.8. The fourth-order valence-electron chi connectivity index (χ4n) is 2.86. The third-order valence-corrected chi connectivity index (χ3v) is 4.39. The summed E-state index contributed by atoms with van der Waals surface area (Å²) in [6, 6.07) is 5.15. The van der Waals surface area contributed by atoms with E-state index in [9.17, 15) is 22.4 Å². The van der Waals surface area contributed by atoms with E-state index in [0.717, 1.165) is 30.7 Å². The average Bonchev–Trinajstić information content (AvgIpc) is 3.35. The molecule has 1 amide bonds. The summed E-state index contributed by atoms with van der Waals surface area (Å²) in [7, 11) is 0. The van der Waals surface area contributed by atoms with Crippen molar-refractivity contribution in [1.29, 1.82) is 0 Å². The number of halogens is 4. The lowest BCUT2D eigenvalue weighted by Crippen LogP contribution is -2.16. The molecule has 27 heavy (non-hydrogen) atoms. The molecule has 3 aromatic rings. The number of hydrogen-bond donors (Lipinski definition) is 1. The highest BCUT2D eigenvalue weighted by molar-refractivity contribution is 6.08. The van der Waals surface area contributed by atoms with Crippen LogP contribution in [0.1, 0.15) is 46.1 Å². The van der Waals surface area contributed by atoms with Gasteiger partial charge < -0.3 is 5.32 Å². The molecule has 140 valence electrons. The summed E-state index contributed by atoms with van der Waals surface area (Å²) in [5.74, 6) is -1.47. The van der Waals surface area contributed by atoms with E-state index in [1.165, 1.54) is 12.1 Å². The molecule has 0 unspecified atom stereocenters. The lowest BCUT2D eigenvalue weighted by atomic mass is 10.2. The lowest BCUT2D eigenvalue weighted by molar-refractivity contribution is -0.142. The zero-order valence-corrected chi connectivity index (χ0v) is 14.1. The molecule has 0 radical (unpaired) electrons. The summed E-state index contributed by atoms with van der Waals surface area (Å²) in [5.41, 5.74) is -0.392. The van der Waals surface area contributed by atoms with Gasteiger partial charge in [0.1, 0.15) is 17.1 Å². The van der Waals surface area contributed by atoms with Gasteiger partial charge in [-0.1, -0.05) is 6.07 Å². The van der Waals surface area contributed by atoms with Gasteiger partial charge in [-0.3, -0.25) is 4.79 Å². The Morgan fingerprint density at radius 1 is 1.26 bits per heavy atom. The van der Waals surface area contributed by atoms with Crippen LogP contribution in [0.25, 0.3) is 5.65 Å². The van der Waals surface area contributed by atoms with Crippen molar-refractivity contribution in [2.24, 2.45) is 0 Å². The Morgan fingerprint density at radius 2 is 2.00 bits per heavy atom. The normalized spacial score (nSPS) is 14.6. The number of nitrogens with zero attached hydrogens (tertiary/aromatic N) is 3. The van der Waals surface area contributed by atoms with Crippen molar-refractivity contribution in [2.75, 3.05) is 5.32 Å². The molecule has 2 heterocycles. The predicted octanol–water partition coefficient (Wildman–Crippen LogP) is 4.33. The second-order valence-corrected chi connectivity index (χ2v) is 6.57. The number of fused-ring (bicyclic) bond motifs is 1. The van der Waals surface area contributed by atoms with E-state index in [2.05, 4.69) is 15.4 Å². The first-order valence-electron chi connectivity index (χ1n) is 8.27. The minimum Gasteiger partial charge on any atom is -0.319 e. The Labute approximate surface area is 151 Å². The van der Waals surface area contributed by atoms with Crippen LogP contribution >= 0.6 is 0 Å². The molecule has 2 aromatic heterocycles. The number of anilines is 1. The van der Waals surface area contributed by atoms with Crippen LogP contribution in [-0.2, 0) is 6.18 Å². The third kappa shape index (κ3) is 3.24. The number of aryl methyl sites for hydroxylation is 1. The summed E-state index contributed by atoms with van der Waals surface area (Å²) >= 11 is 0.